The molecule has 2 aliphatic rings. The standard InChI is InChI=1S/C19H20BrN3O2/c1-22-5-7-23(8-6-22)13-3-4-14-12(9-13)10-15-16(19(24)25-2)11-17(20)21-18(14)15/h3-4,9,11H,5-8,10H2,1-2H3. The van der Waals surface area contributed by atoms with E-state index in [2.05, 4.69) is 56.0 Å². The number of hydrogen-bond donors (Lipinski definition) is 0. The van der Waals surface area contributed by atoms with Crippen LogP contribution in [0, 0.1) is 0 Å². The van der Waals surface area contributed by atoms with Gasteiger partial charge in [-0.25, -0.2) is 9.78 Å². The fourth-order valence-electron chi connectivity index (χ4n) is 3.64. The highest BCUT2D eigenvalue weighted by Gasteiger charge is 2.27. The lowest BCUT2D eigenvalue weighted by atomic mass is 10.1. The number of rotatable bonds is 2. The van der Waals surface area contributed by atoms with Gasteiger partial charge in [-0.3, -0.25) is 0 Å². The number of methoxy groups -OCH3 is 1. The second-order valence-corrected chi connectivity index (χ2v) is 7.43. The van der Waals surface area contributed by atoms with Crippen LogP contribution in [-0.2, 0) is 11.2 Å². The highest BCUT2D eigenvalue weighted by atomic mass is 79.9. The molecule has 4 rings (SSSR count). The molecule has 25 heavy (non-hydrogen) atoms. The first-order chi connectivity index (χ1) is 12.1. The van der Waals surface area contributed by atoms with Gasteiger partial charge in [0.15, 0.2) is 0 Å². The molecule has 130 valence electrons. The molecule has 1 aromatic heterocycles. The van der Waals surface area contributed by atoms with E-state index in [9.17, 15) is 4.79 Å². The van der Waals surface area contributed by atoms with E-state index in [4.69, 9.17) is 4.74 Å². The largest absolute Gasteiger partial charge is 0.465 e. The Hall–Kier alpha value is -1.92. The number of fused-ring (bicyclic) bond motifs is 3. The highest BCUT2D eigenvalue weighted by Crippen LogP contribution is 2.40. The van der Waals surface area contributed by atoms with Gasteiger partial charge in [0.1, 0.15) is 4.60 Å². The molecule has 0 radical (unpaired) electrons. The van der Waals surface area contributed by atoms with Gasteiger partial charge in [0.2, 0.25) is 0 Å². The second kappa shape index (κ2) is 6.42. The van der Waals surface area contributed by atoms with E-state index >= 15 is 0 Å². The van der Waals surface area contributed by atoms with Crippen LogP contribution in [-0.4, -0.2) is 56.2 Å². The summed E-state index contributed by atoms with van der Waals surface area (Å²) in [6.07, 6.45) is 0.719. The maximum Gasteiger partial charge on any atom is 0.338 e. The summed E-state index contributed by atoms with van der Waals surface area (Å²) in [6.45, 7) is 4.25. The number of piperazine rings is 1. The maximum atomic E-state index is 12.1. The zero-order valence-electron chi connectivity index (χ0n) is 14.4. The molecule has 0 spiro atoms. The molecule has 2 heterocycles. The van der Waals surface area contributed by atoms with Crippen molar-refractivity contribution >= 4 is 27.6 Å². The molecule has 2 aromatic rings. The van der Waals surface area contributed by atoms with Crippen LogP contribution in [0.25, 0.3) is 11.3 Å². The van der Waals surface area contributed by atoms with Crippen LogP contribution >= 0.6 is 15.9 Å². The molecular formula is C19H20BrN3O2. The van der Waals surface area contributed by atoms with Gasteiger partial charge in [0.05, 0.1) is 18.4 Å². The van der Waals surface area contributed by atoms with E-state index in [1.54, 1.807) is 6.07 Å². The summed E-state index contributed by atoms with van der Waals surface area (Å²) in [5.74, 6) is -0.313. The predicted octanol–water partition coefficient (Wildman–Crippen LogP) is 2.95. The van der Waals surface area contributed by atoms with Gasteiger partial charge in [-0.1, -0.05) is 6.07 Å². The van der Waals surface area contributed by atoms with Crippen molar-refractivity contribution < 1.29 is 9.53 Å². The number of hydrogen-bond acceptors (Lipinski definition) is 5. The average molecular weight is 402 g/mol. The zero-order valence-corrected chi connectivity index (χ0v) is 16.0. The molecule has 6 heteroatoms. The highest BCUT2D eigenvalue weighted by molar-refractivity contribution is 9.10. The summed E-state index contributed by atoms with van der Waals surface area (Å²) in [4.78, 5) is 21.5. The quantitative estimate of drug-likeness (QED) is 0.487. The smallest absolute Gasteiger partial charge is 0.338 e. The third kappa shape index (κ3) is 2.93. The van der Waals surface area contributed by atoms with E-state index in [0.717, 1.165) is 49.4 Å². The zero-order chi connectivity index (χ0) is 17.6. The van der Waals surface area contributed by atoms with Crippen molar-refractivity contribution in [2.45, 2.75) is 6.42 Å². The van der Waals surface area contributed by atoms with Crippen molar-refractivity contribution in [2.75, 3.05) is 45.2 Å². The van der Waals surface area contributed by atoms with E-state index in [-0.39, 0.29) is 5.97 Å². The van der Waals surface area contributed by atoms with Gasteiger partial charge in [-0.2, -0.15) is 0 Å². The van der Waals surface area contributed by atoms with Crippen molar-refractivity contribution in [3.05, 3.63) is 45.6 Å². The molecule has 1 saturated heterocycles. The number of anilines is 1. The van der Waals surface area contributed by atoms with Crippen molar-refractivity contribution in [2.24, 2.45) is 0 Å². The lowest BCUT2D eigenvalue weighted by molar-refractivity contribution is 0.0599. The monoisotopic (exact) mass is 401 g/mol. The van der Waals surface area contributed by atoms with Crippen LogP contribution in [0.4, 0.5) is 5.69 Å². The molecule has 0 N–H and O–H groups in total. The van der Waals surface area contributed by atoms with E-state index in [1.165, 1.54) is 18.4 Å². The third-order valence-corrected chi connectivity index (χ3v) is 5.48. The predicted molar refractivity (Wildman–Crippen MR) is 101 cm³/mol. The fourth-order valence-corrected chi connectivity index (χ4v) is 4.05. The van der Waals surface area contributed by atoms with Crippen LogP contribution in [0.2, 0.25) is 0 Å². The minimum absolute atomic E-state index is 0.313. The van der Waals surface area contributed by atoms with Gasteiger partial charge >= 0.3 is 5.97 Å². The molecule has 0 saturated carbocycles. The summed E-state index contributed by atoms with van der Waals surface area (Å²) in [7, 11) is 3.57. The Kier molecular flexibility index (Phi) is 4.25. The number of carbonyl (C=O) groups is 1. The Bertz CT molecular complexity index is 845. The Morgan fingerprint density at radius 1 is 1.20 bits per heavy atom. The van der Waals surface area contributed by atoms with E-state index in [0.29, 0.717) is 10.2 Å². The van der Waals surface area contributed by atoms with Crippen LogP contribution in [0.3, 0.4) is 0 Å². The molecule has 1 aromatic carbocycles. The molecule has 1 fully saturated rings. The normalized spacial score (nSPS) is 16.5. The van der Waals surface area contributed by atoms with Gasteiger partial charge in [0.25, 0.3) is 0 Å². The Morgan fingerprint density at radius 2 is 1.96 bits per heavy atom. The number of nitrogens with zero attached hydrogens (tertiary/aromatic N) is 3. The lowest BCUT2D eigenvalue weighted by Crippen LogP contribution is -2.44. The SMILES string of the molecule is COC(=O)c1cc(Br)nc2c1Cc1cc(N3CCN(C)CC3)ccc1-2. The number of ether oxygens (including phenoxy) is 1. The van der Waals surface area contributed by atoms with E-state index < -0.39 is 0 Å². The Balaban J connectivity index is 1.70. The molecule has 0 unspecified atom stereocenters. The van der Waals surface area contributed by atoms with Gasteiger partial charge < -0.3 is 14.5 Å². The van der Waals surface area contributed by atoms with Crippen LogP contribution in [0.1, 0.15) is 21.5 Å². The first kappa shape index (κ1) is 16.5. The summed E-state index contributed by atoms with van der Waals surface area (Å²) in [5.41, 5.74) is 6.02. The first-order valence-corrected chi connectivity index (χ1v) is 9.20. The Labute approximate surface area is 155 Å². The summed E-state index contributed by atoms with van der Waals surface area (Å²) >= 11 is 3.42. The second-order valence-electron chi connectivity index (χ2n) is 6.62. The summed E-state index contributed by atoms with van der Waals surface area (Å²) in [6, 6.07) is 8.30. The molecule has 1 aliphatic heterocycles. The minimum atomic E-state index is -0.313. The van der Waals surface area contributed by atoms with Crippen molar-refractivity contribution in [3.8, 4) is 11.3 Å². The molecule has 1 aliphatic carbocycles. The fraction of sp³-hybridized carbons (Fsp3) is 0.368. The number of benzene rings is 1. The van der Waals surface area contributed by atoms with Gasteiger partial charge in [0, 0.05) is 43.9 Å². The van der Waals surface area contributed by atoms with Crippen LogP contribution < -0.4 is 4.90 Å². The average Bonchev–Trinajstić information content (AvgIpc) is 2.98. The van der Waals surface area contributed by atoms with Gasteiger partial charge in [-0.05, 0) is 52.3 Å². The molecular weight excluding hydrogens is 382 g/mol. The van der Waals surface area contributed by atoms with E-state index in [1.807, 2.05) is 0 Å². The molecule has 0 atom stereocenters. The van der Waals surface area contributed by atoms with Crippen LogP contribution in [0.15, 0.2) is 28.9 Å². The molecule has 0 amide bonds. The van der Waals surface area contributed by atoms with Gasteiger partial charge in [-0.15, -0.1) is 0 Å². The molecule has 0 bridgehead atoms. The molecule has 5 nitrogen and oxygen atoms in total. The third-order valence-electron chi connectivity index (χ3n) is 5.08. The first-order valence-electron chi connectivity index (χ1n) is 8.41. The van der Waals surface area contributed by atoms with Crippen LogP contribution in [0.5, 0.6) is 0 Å². The lowest BCUT2D eigenvalue weighted by Gasteiger charge is -2.34. The summed E-state index contributed by atoms with van der Waals surface area (Å²) < 4.78 is 5.60. The number of carbonyl (C=O) groups excluding carboxylic acids is 1. The summed E-state index contributed by atoms with van der Waals surface area (Å²) in [5, 5.41) is 0. The van der Waals surface area contributed by atoms with Crippen molar-refractivity contribution in [1.29, 1.82) is 0 Å². The number of halogens is 1. The van der Waals surface area contributed by atoms with Crippen molar-refractivity contribution in [1.82, 2.24) is 9.88 Å². The number of likely N-dealkylation sites (N-methyl/N-ethyl adjacent to an activating group) is 1. The topological polar surface area (TPSA) is 45.7 Å². The maximum absolute atomic E-state index is 12.1. The number of pyridine rings is 1. The number of esters is 1. The van der Waals surface area contributed by atoms with Crippen molar-refractivity contribution in [3.63, 3.8) is 0 Å². The Morgan fingerprint density at radius 3 is 2.68 bits per heavy atom. The minimum Gasteiger partial charge on any atom is -0.465 e. The number of aromatic nitrogens is 1.